The Labute approximate surface area is 258 Å². The van der Waals surface area contributed by atoms with Crippen molar-refractivity contribution in [2.75, 3.05) is 0 Å². The molecule has 0 bridgehead atoms. The van der Waals surface area contributed by atoms with E-state index < -0.39 is 0 Å². The SMILES string of the molecule is [N-3].[N-3].[N-3].[N-3].[O-2].[O-2].[O-2].[O-2].[Ti+4].[Ti+4].[Ti+4].[Ti+4].[Ti+4].[Ti].[Ti].[Ti].[Ti].[Ti]. The van der Waals surface area contributed by atoms with Gasteiger partial charge in [0.25, 0.3) is 0 Å². The first-order valence-corrected chi connectivity index (χ1v) is 0. The Kier molecular flexibility index (Phi) is 4480. The molecule has 0 saturated carbocycles. The maximum atomic E-state index is 0. The molecular formula is N4O4Ti10. The molecular weight excluding hydrogens is 599 g/mol. The van der Waals surface area contributed by atoms with Crippen LogP contribution < -0.4 is 0 Å². The molecule has 0 spiro atoms. The average Bonchev–Trinajstić information content (AvgIpc) is 0. The molecule has 0 aromatic heterocycles. The van der Waals surface area contributed by atoms with Gasteiger partial charge in [0.05, 0.1) is 0 Å². The van der Waals surface area contributed by atoms with Gasteiger partial charge in [-0.25, -0.2) is 0 Å². The summed E-state index contributed by atoms with van der Waals surface area (Å²) < 4.78 is 0. The fraction of sp³-hybridized carbons (Fsp3) is 0. The van der Waals surface area contributed by atoms with Crippen LogP contribution in [0.2, 0.25) is 0 Å². The van der Waals surface area contributed by atoms with Crippen LogP contribution in [0, 0.1) is 0 Å². The maximum Gasteiger partial charge on any atom is 4.00 e. The van der Waals surface area contributed by atoms with Crippen LogP contribution in [0.1, 0.15) is 0 Å². The molecule has 0 unspecified atom stereocenters. The summed E-state index contributed by atoms with van der Waals surface area (Å²) in [5.74, 6) is 0. The summed E-state index contributed by atoms with van der Waals surface area (Å²) in [6, 6.07) is 0. The standard InChI is InChI=1S/4N.4O.10Ti/q4*-3;4*-2;;;;;;5*+4. The van der Waals surface area contributed by atoms with Gasteiger partial charge in [-0.3, -0.25) is 0 Å². The van der Waals surface area contributed by atoms with Gasteiger partial charge in [-0.1, -0.05) is 0 Å². The molecule has 0 heterocycles. The Morgan fingerprint density at radius 3 is 0.222 bits per heavy atom. The minimum atomic E-state index is 0. The van der Waals surface area contributed by atoms with Crippen molar-refractivity contribution in [3.63, 3.8) is 0 Å². The van der Waals surface area contributed by atoms with Gasteiger partial charge in [0.2, 0.25) is 0 Å². The Morgan fingerprint density at radius 2 is 0.222 bits per heavy atom. The van der Waals surface area contributed by atoms with Crippen molar-refractivity contribution in [2.24, 2.45) is 0 Å². The molecule has 0 fully saturated rings. The molecule has 0 aliphatic heterocycles. The molecule has 0 aliphatic carbocycles. The van der Waals surface area contributed by atoms with E-state index in [9.17, 15) is 0 Å². The summed E-state index contributed by atoms with van der Waals surface area (Å²) in [5, 5.41) is 0. The van der Waals surface area contributed by atoms with E-state index in [2.05, 4.69) is 0 Å². The van der Waals surface area contributed by atoms with Gasteiger partial charge in [0.15, 0.2) is 0 Å². The molecule has 0 aliphatic rings. The number of hydrogen-bond acceptors (Lipinski definition) is 0. The summed E-state index contributed by atoms with van der Waals surface area (Å²) >= 11 is 0. The maximum absolute atomic E-state index is 0. The Morgan fingerprint density at radius 1 is 0.222 bits per heavy atom. The van der Waals surface area contributed by atoms with E-state index in [0.29, 0.717) is 0 Å². The number of rotatable bonds is 0. The fourth-order valence-corrected chi connectivity index (χ4v) is 0. The van der Waals surface area contributed by atoms with E-state index in [1.807, 2.05) is 0 Å². The van der Waals surface area contributed by atoms with Gasteiger partial charge in [0, 0.05) is 109 Å². The van der Waals surface area contributed by atoms with Crippen molar-refractivity contribution in [1.29, 1.82) is 0 Å². The summed E-state index contributed by atoms with van der Waals surface area (Å²) in [6.45, 7) is 0. The quantitative estimate of drug-likeness (QED) is 0.349. The van der Waals surface area contributed by atoms with Crippen LogP contribution in [0.15, 0.2) is 0 Å². The number of hydrogen-bond donors (Lipinski definition) is 0. The van der Waals surface area contributed by atoms with E-state index >= 15 is 0 Å². The molecule has 8 nitrogen and oxygen atoms in total. The molecule has 0 saturated heterocycles. The fourth-order valence-electron chi connectivity index (χ4n) is 0. The minimum Gasteiger partial charge on any atom is -3.00 e. The molecule has 0 aromatic rings. The van der Waals surface area contributed by atoms with Crippen molar-refractivity contribution in [3.05, 3.63) is 24.6 Å². The van der Waals surface area contributed by atoms with E-state index in [4.69, 9.17) is 0 Å². The van der Waals surface area contributed by atoms with Crippen LogP contribution in [-0.4, -0.2) is 0 Å². The van der Waals surface area contributed by atoms with Gasteiger partial charge in [-0.05, 0) is 0 Å². The molecule has 18 heteroatoms. The average molecular weight is 599 g/mol. The molecule has 0 N–H and O–H groups in total. The van der Waals surface area contributed by atoms with Crippen molar-refractivity contribution in [1.82, 2.24) is 0 Å². The van der Waals surface area contributed by atoms with E-state index in [0.717, 1.165) is 0 Å². The molecule has 0 aromatic carbocycles. The van der Waals surface area contributed by atoms with E-state index in [1.165, 1.54) is 0 Å². The largest absolute Gasteiger partial charge is 4.00 e. The molecule has 84 valence electrons. The van der Waals surface area contributed by atoms with Gasteiger partial charge in [-0.2, -0.15) is 0 Å². The third-order valence-corrected chi connectivity index (χ3v) is 0. The Bertz CT molecular complexity index is 25.8. The van der Waals surface area contributed by atoms with Gasteiger partial charge >= 0.3 is 109 Å². The van der Waals surface area contributed by atoms with E-state index in [1.54, 1.807) is 0 Å². The first-order chi connectivity index (χ1) is 0. The smallest absolute Gasteiger partial charge is 3.00 e. The molecule has 18 heavy (non-hydrogen) atoms. The van der Waals surface area contributed by atoms with Crippen LogP contribution in [0.4, 0.5) is 0 Å². The van der Waals surface area contributed by atoms with Gasteiger partial charge < -0.3 is 46.5 Å². The van der Waals surface area contributed by atoms with Crippen molar-refractivity contribution in [2.45, 2.75) is 0 Å². The van der Waals surface area contributed by atoms with Gasteiger partial charge in [0.1, 0.15) is 0 Å². The molecule has 0 rings (SSSR count). The van der Waals surface area contributed by atoms with Crippen LogP contribution >= 0.6 is 0 Å². The second-order valence-corrected chi connectivity index (χ2v) is 0. The Hall–Kier alpha value is 6.82. The summed E-state index contributed by atoms with van der Waals surface area (Å²) in [5.41, 5.74) is 0. The predicted octanol–water partition coefficient (Wildman–Crippen LogP) is 0.655. The first-order valence-electron chi connectivity index (χ1n) is 0. The van der Waals surface area contributed by atoms with Crippen LogP contribution in [0.5, 0.6) is 0 Å². The van der Waals surface area contributed by atoms with Crippen molar-refractivity contribution >= 4 is 0 Å². The van der Waals surface area contributed by atoms with Crippen molar-refractivity contribution < 1.29 is 239 Å². The van der Waals surface area contributed by atoms with Gasteiger partial charge in [-0.15, -0.1) is 0 Å². The van der Waals surface area contributed by atoms with E-state index in [-0.39, 0.29) is 264 Å². The summed E-state index contributed by atoms with van der Waals surface area (Å²) in [6.07, 6.45) is 0. The van der Waals surface area contributed by atoms with Crippen molar-refractivity contribution in [3.8, 4) is 0 Å². The second-order valence-electron chi connectivity index (χ2n) is 0. The van der Waals surface area contributed by atoms with Crippen LogP contribution in [0.25, 0.3) is 24.6 Å². The summed E-state index contributed by atoms with van der Waals surface area (Å²) in [4.78, 5) is 0. The summed E-state index contributed by atoms with van der Waals surface area (Å²) in [7, 11) is 0. The van der Waals surface area contributed by atoms with Crippen LogP contribution in [-0.2, 0) is 239 Å². The topological polar surface area (TPSA) is 236 Å². The first kappa shape index (κ1) is 303. The Balaban J connectivity index is 0. The minimum absolute atomic E-state index is 0. The molecule has 0 amide bonds. The third-order valence-electron chi connectivity index (χ3n) is 0. The second kappa shape index (κ2) is 267. The van der Waals surface area contributed by atoms with Crippen LogP contribution in [0.3, 0.4) is 0 Å². The molecule has 0 radical (unpaired) electrons. The monoisotopic (exact) mass is 599 g/mol. The normalized spacial score (nSPS) is 0. The number of nitrogens with zero attached hydrogens (tertiary/aromatic N) is 4. The third kappa shape index (κ3) is 233. The predicted molar refractivity (Wildman–Crippen MR) is 16.2 cm³/mol. The zero-order valence-electron chi connectivity index (χ0n) is 8.42. The zero-order valence-corrected chi connectivity index (χ0v) is 24.0. The molecule has 0 atom stereocenters. The zero-order chi connectivity index (χ0) is 0.